The van der Waals surface area contributed by atoms with Crippen molar-refractivity contribution < 1.29 is 9.90 Å². The van der Waals surface area contributed by atoms with E-state index in [4.69, 9.17) is 5.11 Å². The minimum Gasteiger partial charge on any atom is -0.477 e. The summed E-state index contributed by atoms with van der Waals surface area (Å²) in [6.45, 7) is 6.53. The van der Waals surface area contributed by atoms with Gasteiger partial charge < -0.3 is 10.4 Å². The first-order valence-corrected chi connectivity index (χ1v) is 5.77. The average Bonchev–Trinajstić information content (AvgIpc) is 2.73. The maximum atomic E-state index is 11.0. The molecule has 0 aliphatic carbocycles. The van der Waals surface area contributed by atoms with Crippen molar-refractivity contribution >= 4 is 17.6 Å². The lowest BCUT2D eigenvalue weighted by molar-refractivity contribution is 0.0690. The molecule has 7 nitrogen and oxygen atoms in total. The van der Waals surface area contributed by atoms with Gasteiger partial charge in [0.1, 0.15) is 5.82 Å². The van der Waals surface area contributed by atoms with Crippen LogP contribution in [0.5, 0.6) is 0 Å². The first-order chi connectivity index (χ1) is 8.52. The highest BCUT2D eigenvalue weighted by molar-refractivity contribution is 5.86. The fourth-order valence-electron chi connectivity index (χ4n) is 1.55. The highest BCUT2D eigenvalue weighted by Gasteiger charge is 2.15. The lowest BCUT2D eigenvalue weighted by atomic mass is 10.2. The van der Waals surface area contributed by atoms with E-state index in [0.717, 1.165) is 0 Å². The zero-order valence-corrected chi connectivity index (χ0v) is 10.5. The summed E-state index contributed by atoms with van der Waals surface area (Å²) >= 11 is 0. The van der Waals surface area contributed by atoms with Crippen LogP contribution in [0.2, 0.25) is 0 Å². The van der Waals surface area contributed by atoms with Gasteiger partial charge in [0.05, 0.1) is 0 Å². The third-order valence-corrected chi connectivity index (χ3v) is 2.42. The van der Waals surface area contributed by atoms with E-state index in [1.807, 2.05) is 20.8 Å². The summed E-state index contributed by atoms with van der Waals surface area (Å²) in [5.41, 5.74) is -0.0406. The summed E-state index contributed by atoms with van der Waals surface area (Å²) in [5, 5.41) is 16.4. The molecular weight excluding hydrogens is 234 g/mol. The van der Waals surface area contributed by atoms with Crippen molar-refractivity contribution in [3.05, 3.63) is 17.6 Å². The zero-order valence-electron chi connectivity index (χ0n) is 10.5. The maximum Gasteiger partial charge on any atom is 0.354 e. The van der Waals surface area contributed by atoms with Gasteiger partial charge in [-0.3, -0.25) is 0 Å². The first-order valence-electron chi connectivity index (χ1n) is 5.77. The van der Waals surface area contributed by atoms with Gasteiger partial charge in [0, 0.05) is 18.5 Å². The van der Waals surface area contributed by atoms with Crippen LogP contribution in [-0.4, -0.2) is 37.2 Å². The Hall–Kier alpha value is -2.18. The van der Waals surface area contributed by atoms with E-state index in [1.54, 1.807) is 0 Å². The summed E-state index contributed by atoms with van der Waals surface area (Å²) in [4.78, 5) is 19.2. The number of anilines is 1. The number of carbonyl (C=O) groups is 1. The molecule has 96 valence electrons. The van der Waals surface area contributed by atoms with Crippen LogP contribution in [0.3, 0.4) is 0 Å². The number of hydrogen-bond donors (Lipinski definition) is 2. The number of nitrogens with one attached hydrogen (secondary N) is 1. The molecule has 2 aromatic heterocycles. The zero-order chi connectivity index (χ0) is 13.3. The highest BCUT2D eigenvalue weighted by atomic mass is 16.4. The molecule has 0 saturated carbocycles. The number of nitrogens with zero attached hydrogens (tertiary/aromatic N) is 4. The van der Waals surface area contributed by atoms with E-state index >= 15 is 0 Å². The molecular formula is C11H15N5O2. The van der Waals surface area contributed by atoms with Crippen molar-refractivity contribution in [2.24, 2.45) is 0 Å². The number of aromatic nitrogens is 4. The number of hydrogen-bond acceptors (Lipinski definition) is 5. The topological polar surface area (TPSA) is 92.4 Å². The Morgan fingerprint density at radius 2 is 2.22 bits per heavy atom. The number of carboxylic acid groups (broad SMARTS) is 1. The van der Waals surface area contributed by atoms with Gasteiger partial charge in [-0.2, -0.15) is 9.50 Å². The quantitative estimate of drug-likeness (QED) is 0.850. The van der Waals surface area contributed by atoms with E-state index in [2.05, 4.69) is 20.4 Å². The number of rotatable bonds is 4. The van der Waals surface area contributed by atoms with Crippen molar-refractivity contribution in [3.63, 3.8) is 0 Å². The van der Waals surface area contributed by atoms with E-state index in [-0.39, 0.29) is 11.6 Å². The molecule has 0 aliphatic heterocycles. The van der Waals surface area contributed by atoms with Gasteiger partial charge in [0.15, 0.2) is 11.5 Å². The Kier molecular flexibility index (Phi) is 3.14. The molecule has 0 bridgehead atoms. The van der Waals surface area contributed by atoms with Crippen LogP contribution in [0.15, 0.2) is 6.07 Å². The lowest BCUT2D eigenvalue weighted by Crippen LogP contribution is -2.09. The van der Waals surface area contributed by atoms with Gasteiger partial charge in [-0.25, -0.2) is 9.78 Å². The third-order valence-electron chi connectivity index (χ3n) is 2.42. The number of aromatic carboxylic acids is 1. The third kappa shape index (κ3) is 2.11. The molecule has 0 atom stereocenters. The minimum atomic E-state index is -1.08. The molecule has 0 fully saturated rings. The average molecular weight is 249 g/mol. The molecule has 18 heavy (non-hydrogen) atoms. The second-order valence-corrected chi connectivity index (χ2v) is 4.20. The van der Waals surface area contributed by atoms with E-state index in [1.165, 1.54) is 10.6 Å². The van der Waals surface area contributed by atoms with E-state index < -0.39 is 5.97 Å². The summed E-state index contributed by atoms with van der Waals surface area (Å²) in [5.74, 6) is 0.609. The van der Waals surface area contributed by atoms with Crippen LogP contribution in [0, 0.1) is 0 Å². The van der Waals surface area contributed by atoms with Crippen LogP contribution >= 0.6 is 0 Å². The van der Waals surface area contributed by atoms with Crippen molar-refractivity contribution in [2.45, 2.75) is 26.7 Å². The largest absolute Gasteiger partial charge is 0.477 e. The number of fused-ring (bicyclic) bond motifs is 1. The van der Waals surface area contributed by atoms with Crippen molar-refractivity contribution in [1.82, 2.24) is 19.6 Å². The predicted molar refractivity (Wildman–Crippen MR) is 66.0 cm³/mol. The monoisotopic (exact) mass is 249 g/mol. The van der Waals surface area contributed by atoms with Gasteiger partial charge in [-0.05, 0) is 6.92 Å². The normalized spacial score (nSPS) is 11.1. The molecule has 7 heteroatoms. The Morgan fingerprint density at radius 1 is 1.50 bits per heavy atom. The van der Waals surface area contributed by atoms with E-state index in [9.17, 15) is 4.79 Å². The number of carboxylic acids is 1. The summed E-state index contributed by atoms with van der Waals surface area (Å²) in [6, 6.07) is 1.46. The molecule has 0 aromatic carbocycles. The minimum absolute atomic E-state index is 0.0406. The summed E-state index contributed by atoms with van der Waals surface area (Å²) in [7, 11) is 0. The molecule has 0 unspecified atom stereocenters. The summed E-state index contributed by atoms with van der Waals surface area (Å²) < 4.78 is 1.53. The van der Waals surface area contributed by atoms with Crippen molar-refractivity contribution in [3.8, 4) is 0 Å². The van der Waals surface area contributed by atoms with Crippen LogP contribution in [0.1, 0.15) is 43.0 Å². The highest BCUT2D eigenvalue weighted by Crippen LogP contribution is 2.15. The lowest BCUT2D eigenvalue weighted by Gasteiger charge is -2.05. The second kappa shape index (κ2) is 4.59. The van der Waals surface area contributed by atoms with Gasteiger partial charge in [0.25, 0.3) is 5.78 Å². The molecule has 2 heterocycles. The SMILES string of the molecule is CCNc1cc(C(=O)O)nc2nc(C(C)C)nn12. The van der Waals surface area contributed by atoms with Gasteiger partial charge in [-0.15, -0.1) is 5.10 Å². The molecule has 0 aliphatic rings. The van der Waals surface area contributed by atoms with Gasteiger partial charge >= 0.3 is 5.97 Å². The van der Waals surface area contributed by atoms with Gasteiger partial charge in [0.2, 0.25) is 0 Å². The predicted octanol–water partition coefficient (Wildman–Crippen LogP) is 1.38. The van der Waals surface area contributed by atoms with Crippen LogP contribution in [-0.2, 0) is 0 Å². The second-order valence-electron chi connectivity index (χ2n) is 4.20. The Labute approximate surface area is 104 Å². The van der Waals surface area contributed by atoms with Crippen LogP contribution < -0.4 is 5.32 Å². The van der Waals surface area contributed by atoms with Crippen LogP contribution in [0.4, 0.5) is 5.82 Å². The molecule has 2 aromatic rings. The Balaban J connectivity index is 2.65. The van der Waals surface area contributed by atoms with Crippen molar-refractivity contribution in [1.29, 1.82) is 0 Å². The molecule has 2 N–H and O–H groups in total. The van der Waals surface area contributed by atoms with E-state index in [0.29, 0.717) is 24.0 Å². The fraction of sp³-hybridized carbons (Fsp3) is 0.455. The Bertz CT molecular complexity index is 590. The van der Waals surface area contributed by atoms with Gasteiger partial charge in [-0.1, -0.05) is 13.8 Å². The first kappa shape index (κ1) is 12.3. The molecule has 0 spiro atoms. The van der Waals surface area contributed by atoms with Crippen molar-refractivity contribution in [2.75, 3.05) is 11.9 Å². The smallest absolute Gasteiger partial charge is 0.354 e. The molecule has 0 amide bonds. The molecule has 0 radical (unpaired) electrons. The Morgan fingerprint density at radius 3 is 2.78 bits per heavy atom. The molecule has 2 rings (SSSR count). The molecule has 0 saturated heterocycles. The summed E-state index contributed by atoms with van der Waals surface area (Å²) in [6.07, 6.45) is 0. The standard InChI is InChI=1S/C11H15N5O2/c1-4-12-8-5-7(10(17)18)13-11-14-9(6(2)3)15-16(8)11/h5-6,12H,4H2,1-3H3,(H,17,18). The maximum absolute atomic E-state index is 11.0. The fourth-order valence-corrected chi connectivity index (χ4v) is 1.55. The van der Waals surface area contributed by atoms with Crippen LogP contribution in [0.25, 0.3) is 5.78 Å².